The molecular weight excluding hydrogens is 249 g/mol. The number of para-hydroxylation sites is 1. The SMILES string of the molecule is Nc1ccccc1CNc1cc([N+](=O)[O-])ccc1F. The second kappa shape index (κ2) is 5.34. The van der Waals surface area contributed by atoms with E-state index in [1.165, 1.54) is 0 Å². The molecule has 3 N–H and O–H groups in total. The van der Waals surface area contributed by atoms with E-state index in [1.54, 1.807) is 18.2 Å². The molecule has 0 aliphatic heterocycles. The minimum absolute atomic E-state index is 0.0810. The molecule has 0 saturated heterocycles. The van der Waals surface area contributed by atoms with Crippen LogP contribution in [0.3, 0.4) is 0 Å². The number of halogens is 1. The minimum atomic E-state index is -0.568. The number of nitrogen functional groups attached to an aromatic ring is 1. The molecule has 0 heterocycles. The van der Waals surface area contributed by atoms with Crippen LogP contribution >= 0.6 is 0 Å². The number of nitrogens with one attached hydrogen (secondary N) is 1. The van der Waals surface area contributed by atoms with Crippen molar-refractivity contribution in [3.05, 3.63) is 64.0 Å². The maximum absolute atomic E-state index is 13.5. The fourth-order valence-corrected chi connectivity index (χ4v) is 1.65. The van der Waals surface area contributed by atoms with Gasteiger partial charge in [0, 0.05) is 24.4 Å². The molecule has 0 fully saturated rings. The van der Waals surface area contributed by atoms with Gasteiger partial charge >= 0.3 is 0 Å². The van der Waals surface area contributed by atoms with Gasteiger partial charge in [-0.15, -0.1) is 0 Å². The topological polar surface area (TPSA) is 81.2 Å². The maximum Gasteiger partial charge on any atom is 0.271 e. The van der Waals surface area contributed by atoms with Crippen molar-refractivity contribution in [1.82, 2.24) is 0 Å². The van der Waals surface area contributed by atoms with Crippen molar-refractivity contribution in [3.63, 3.8) is 0 Å². The molecule has 0 unspecified atom stereocenters. The molecule has 2 rings (SSSR count). The summed E-state index contributed by atoms with van der Waals surface area (Å²) in [6, 6.07) is 10.5. The smallest absolute Gasteiger partial charge is 0.271 e. The lowest BCUT2D eigenvalue weighted by atomic mass is 10.2. The lowest BCUT2D eigenvalue weighted by Crippen LogP contribution is -2.04. The largest absolute Gasteiger partial charge is 0.398 e. The molecule has 0 bridgehead atoms. The van der Waals surface area contributed by atoms with E-state index < -0.39 is 10.7 Å². The van der Waals surface area contributed by atoms with Crippen LogP contribution in [0, 0.1) is 15.9 Å². The Hall–Kier alpha value is -2.63. The Morgan fingerprint density at radius 3 is 2.68 bits per heavy atom. The standard InChI is InChI=1S/C13H12FN3O2/c14-11-6-5-10(17(18)19)7-13(11)16-8-9-3-1-2-4-12(9)15/h1-7,16H,8,15H2. The molecule has 0 spiro atoms. The number of hydrogen-bond acceptors (Lipinski definition) is 4. The van der Waals surface area contributed by atoms with Gasteiger partial charge in [0.1, 0.15) is 5.82 Å². The molecule has 5 nitrogen and oxygen atoms in total. The van der Waals surface area contributed by atoms with E-state index in [-0.39, 0.29) is 11.4 Å². The molecule has 0 aliphatic carbocycles. The fraction of sp³-hybridized carbons (Fsp3) is 0.0769. The summed E-state index contributed by atoms with van der Waals surface area (Å²) < 4.78 is 13.5. The summed E-state index contributed by atoms with van der Waals surface area (Å²) in [5.41, 5.74) is 7.06. The highest BCUT2D eigenvalue weighted by Gasteiger charge is 2.10. The molecule has 0 amide bonds. The second-order valence-corrected chi connectivity index (χ2v) is 3.97. The van der Waals surface area contributed by atoms with Gasteiger partial charge in [-0.2, -0.15) is 0 Å². The molecule has 19 heavy (non-hydrogen) atoms. The Kier molecular flexibility index (Phi) is 3.61. The first-order chi connectivity index (χ1) is 9.08. The average molecular weight is 261 g/mol. The van der Waals surface area contributed by atoms with Gasteiger partial charge in [-0.05, 0) is 17.7 Å². The zero-order valence-corrected chi connectivity index (χ0v) is 9.97. The Bertz CT molecular complexity index is 617. The van der Waals surface area contributed by atoms with Crippen LogP contribution in [-0.4, -0.2) is 4.92 Å². The van der Waals surface area contributed by atoms with E-state index in [0.717, 1.165) is 23.8 Å². The molecule has 0 aromatic heterocycles. The number of benzene rings is 2. The maximum atomic E-state index is 13.5. The van der Waals surface area contributed by atoms with E-state index in [9.17, 15) is 14.5 Å². The number of nitrogens with two attached hydrogens (primary N) is 1. The van der Waals surface area contributed by atoms with E-state index in [1.807, 2.05) is 6.07 Å². The first-order valence-electron chi connectivity index (χ1n) is 5.59. The van der Waals surface area contributed by atoms with Gasteiger partial charge in [-0.1, -0.05) is 18.2 Å². The van der Waals surface area contributed by atoms with Crippen molar-refractivity contribution in [3.8, 4) is 0 Å². The Morgan fingerprint density at radius 2 is 2.00 bits per heavy atom. The van der Waals surface area contributed by atoms with Crippen molar-refractivity contribution in [2.75, 3.05) is 11.1 Å². The number of rotatable bonds is 4. The van der Waals surface area contributed by atoms with Crippen LogP contribution < -0.4 is 11.1 Å². The summed E-state index contributed by atoms with van der Waals surface area (Å²) in [4.78, 5) is 10.1. The van der Waals surface area contributed by atoms with Crippen molar-refractivity contribution in [1.29, 1.82) is 0 Å². The predicted octanol–water partition coefficient (Wildman–Crippen LogP) is 2.93. The lowest BCUT2D eigenvalue weighted by Gasteiger charge is -2.09. The number of hydrogen-bond donors (Lipinski definition) is 2. The first-order valence-corrected chi connectivity index (χ1v) is 5.59. The van der Waals surface area contributed by atoms with E-state index in [0.29, 0.717) is 12.2 Å². The molecule has 0 radical (unpaired) electrons. The van der Waals surface area contributed by atoms with Crippen LogP contribution in [0.2, 0.25) is 0 Å². The van der Waals surface area contributed by atoms with Crippen molar-refractivity contribution in [2.45, 2.75) is 6.54 Å². The second-order valence-electron chi connectivity index (χ2n) is 3.97. The Morgan fingerprint density at radius 1 is 1.26 bits per heavy atom. The Balaban J connectivity index is 2.17. The quantitative estimate of drug-likeness (QED) is 0.503. The molecule has 0 aliphatic rings. The zero-order valence-electron chi connectivity index (χ0n) is 9.97. The van der Waals surface area contributed by atoms with Gasteiger partial charge < -0.3 is 11.1 Å². The molecule has 6 heteroatoms. The molecule has 98 valence electrons. The van der Waals surface area contributed by atoms with Crippen LogP contribution in [0.15, 0.2) is 42.5 Å². The summed E-state index contributed by atoms with van der Waals surface area (Å²) in [5, 5.41) is 13.4. The monoisotopic (exact) mass is 261 g/mol. The normalized spacial score (nSPS) is 10.2. The van der Waals surface area contributed by atoms with Crippen LogP contribution in [0.25, 0.3) is 0 Å². The highest BCUT2D eigenvalue weighted by atomic mass is 19.1. The molecular formula is C13H12FN3O2. The summed E-state index contributed by atoms with van der Waals surface area (Å²) in [6.07, 6.45) is 0. The van der Waals surface area contributed by atoms with Gasteiger partial charge in [0.2, 0.25) is 0 Å². The van der Waals surface area contributed by atoms with Crippen LogP contribution in [-0.2, 0) is 6.54 Å². The van der Waals surface area contributed by atoms with Gasteiger partial charge in [0.05, 0.1) is 10.6 Å². The van der Waals surface area contributed by atoms with Gasteiger partial charge in [0.15, 0.2) is 0 Å². The third-order valence-corrected chi connectivity index (χ3v) is 2.69. The van der Waals surface area contributed by atoms with Gasteiger partial charge in [0.25, 0.3) is 5.69 Å². The van der Waals surface area contributed by atoms with Gasteiger partial charge in [-0.25, -0.2) is 4.39 Å². The number of nitro groups is 1. The third kappa shape index (κ3) is 2.98. The first kappa shape index (κ1) is 12.8. The van der Waals surface area contributed by atoms with Crippen molar-refractivity contribution < 1.29 is 9.31 Å². The third-order valence-electron chi connectivity index (χ3n) is 2.69. The van der Waals surface area contributed by atoms with E-state index in [4.69, 9.17) is 5.73 Å². The molecule has 0 atom stereocenters. The van der Waals surface area contributed by atoms with Crippen LogP contribution in [0.1, 0.15) is 5.56 Å². The number of nitro benzene ring substituents is 1. The van der Waals surface area contributed by atoms with Gasteiger partial charge in [-0.3, -0.25) is 10.1 Å². The van der Waals surface area contributed by atoms with Crippen molar-refractivity contribution >= 4 is 17.1 Å². The number of non-ortho nitro benzene ring substituents is 1. The van der Waals surface area contributed by atoms with Crippen LogP contribution in [0.5, 0.6) is 0 Å². The molecule has 2 aromatic carbocycles. The minimum Gasteiger partial charge on any atom is -0.398 e. The van der Waals surface area contributed by atoms with Crippen molar-refractivity contribution in [2.24, 2.45) is 0 Å². The fourth-order valence-electron chi connectivity index (χ4n) is 1.65. The summed E-state index contributed by atoms with van der Waals surface area (Å²) >= 11 is 0. The molecule has 0 saturated carbocycles. The molecule has 2 aromatic rings. The summed E-state index contributed by atoms with van der Waals surface area (Å²) in [7, 11) is 0. The van der Waals surface area contributed by atoms with E-state index in [2.05, 4.69) is 5.32 Å². The zero-order chi connectivity index (χ0) is 13.8. The Labute approximate surface area is 109 Å². The summed E-state index contributed by atoms with van der Waals surface area (Å²) in [5.74, 6) is -0.542. The number of nitrogens with zero attached hydrogens (tertiary/aromatic N) is 1. The number of anilines is 2. The average Bonchev–Trinajstić information content (AvgIpc) is 2.39. The highest BCUT2D eigenvalue weighted by Crippen LogP contribution is 2.22. The highest BCUT2D eigenvalue weighted by molar-refractivity contribution is 5.54. The lowest BCUT2D eigenvalue weighted by molar-refractivity contribution is -0.384. The van der Waals surface area contributed by atoms with E-state index >= 15 is 0 Å². The predicted molar refractivity (Wildman–Crippen MR) is 71.2 cm³/mol. The summed E-state index contributed by atoms with van der Waals surface area (Å²) in [6.45, 7) is 0.296. The van der Waals surface area contributed by atoms with Crippen LogP contribution in [0.4, 0.5) is 21.5 Å².